The Bertz CT molecular complexity index is 704. The molecule has 0 aliphatic rings. The highest BCUT2D eigenvalue weighted by Crippen LogP contribution is 2.18. The van der Waals surface area contributed by atoms with Gasteiger partial charge in [-0.25, -0.2) is 4.99 Å². The zero-order valence-electron chi connectivity index (χ0n) is 11.1. The van der Waals surface area contributed by atoms with Gasteiger partial charge in [0.25, 0.3) is 0 Å². The van der Waals surface area contributed by atoms with E-state index in [0.717, 1.165) is 16.9 Å². The SMILES string of the molecule is C(=Nc1ccccc1-[n+]1ccccc1)c1ccccc1. The maximum Gasteiger partial charge on any atom is 0.236 e. The highest BCUT2D eigenvalue weighted by atomic mass is 15.0. The van der Waals surface area contributed by atoms with Crippen molar-refractivity contribution < 1.29 is 4.57 Å². The predicted octanol–water partition coefficient (Wildman–Crippen LogP) is 3.71. The van der Waals surface area contributed by atoms with Crippen LogP contribution in [0.5, 0.6) is 0 Å². The van der Waals surface area contributed by atoms with Crippen LogP contribution in [0.15, 0.2) is 90.2 Å². The molecule has 2 heteroatoms. The van der Waals surface area contributed by atoms with Crippen molar-refractivity contribution in [1.82, 2.24) is 0 Å². The van der Waals surface area contributed by atoms with Crippen LogP contribution >= 0.6 is 0 Å². The second kappa shape index (κ2) is 5.93. The van der Waals surface area contributed by atoms with E-state index < -0.39 is 0 Å². The summed E-state index contributed by atoms with van der Waals surface area (Å²) in [5.41, 5.74) is 3.12. The number of rotatable bonds is 3. The van der Waals surface area contributed by atoms with E-state index in [-0.39, 0.29) is 0 Å². The van der Waals surface area contributed by atoms with Crippen LogP contribution in [0.3, 0.4) is 0 Å². The maximum atomic E-state index is 4.61. The van der Waals surface area contributed by atoms with E-state index in [1.54, 1.807) is 0 Å². The van der Waals surface area contributed by atoms with Crippen LogP contribution in [0, 0.1) is 0 Å². The highest BCUT2D eigenvalue weighted by molar-refractivity contribution is 5.82. The normalized spacial score (nSPS) is 10.8. The van der Waals surface area contributed by atoms with Crippen LogP contribution in [0.2, 0.25) is 0 Å². The third-order valence-corrected chi connectivity index (χ3v) is 3.03. The van der Waals surface area contributed by atoms with Gasteiger partial charge in [-0.05, 0) is 11.6 Å². The molecule has 96 valence electrons. The number of nitrogens with zero attached hydrogens (tertiary/aromatic N) is 2. The average molecular weight is 259 g/mol. The highest BCUT2D eigenvalue weighted by Gasteiger charge is 2.09. The van der Waals surface area contributed by atoms with E-state index >= 15 is 0 Å². The lowest BCUT2D eigenvalue weighted by molar-refractivity contribution is -0.595. The molecule has 1 heterocycles. The molecule has 0 radical (unpaired) electrons. The first-order valence-electron chi connectivity index (χ1n) is 6.58. The van der Waals surface area contributed by atoms with Gasteiger partial charge in [0.2, 0.25) is 5.69 Å². The third-order valence-electron chi connectivity index (χ3n) is 3.03. The Morgan fingerprint density at radius 3 is 2.15 bits per heavy atom. The number of pyridine rings is 1. The van der Waals surface area contributed by atoms with E-state index in [1.165, 1.54) is 0 Å². The molecule has 0 aliphatic carbocycles. The number of para-hydroxylation sites is 2. The second-order valence-electron chi connectivity index (χ2n) is 4.44. The van der Waals surface area contributed by atoms with E-state index in [1.807, 2.05) is 85.3 Å². The molecular formula is C18H15N2+. The van der Waals surface area contributed by atoms with Gasteiger partial charge in [-0.3, -0.25) is 0 Å². The molecule has 0 aliphatic heterocycles. The Morgan fingerprint density at radius 1 is 0.700 bits per heavy atom. The van der Waals surface area contributed by atoms with Crippen LogP contribution in [0.25, 0.3) is 5.69 Å². The van der Waals surface area contributed by atoms with Crippen LogP contribution in [-0.4, -0.2) is 6.21 Å². The third kappa shape index (κ3) is 2.81. The van der Waals surface area contributed by atoms with Crippen molar-refractivity contribution >= 4 is 11.9 Å². The molecule has 20 heavy (non-hydrogen) atoms. The summed E-state index contributed by atoms with van der Waals surface area (Å²) in [5.74, 6) is 0. The van der Waals surface area contributed by atoms with E-state index in [2.05, 4.69) is 15.6 Å². The minimum Gasteiger partial charge on any atom is -0.249 e. The van der Waals surface area contributed by atoms with Crippen LogP contribution in [0.4, 0.5) is 5.69 Å². The Hall–Kier alpha value is -2.74. The minimum absolute atomic E-state index is 0.951. The summed E-state index contributed by atoms with van der Waals surface area (Å²) in [5, 5.41) is 0. The lowest BCUT2D eigenvalue weighted by Gasteiger charge is -1.99. The quantitative estimate of drug-likeness (QED) is 0.503. The number of aliphatic imine (C=N–C) groups is 1. The standard InChI is InChI=1S/C18H15N2/c1-3-9-16(10-4-1)15-19-17-11-5-6-12-18(17)20-13-7-2-8-14-20/h1-15H/q+1. The van der Waals surface area contributed by atoms with Crippen molar-refractivity contribution in [1.29, 1.82) is 0 Å². The number of hydrogen-bond donors (Lipinski definition) is 0. The van der Waals surface area contributed by atoms with Gasteiger partial charge in [0, 0.05) is 24.4 Å². The Labute approximate surface area is 118 Å². The number of hydrogen-bond acceptors (Lipinski definition) is 1. The van der Waals surface area contributed by atoms with Crippen LogP contribution < -0.4 is 4.57 Å². The lowest BCUT2D eigenvalue weighted by Crippen LogP contribution is -2.28. The number of aromatic nitrogens is 1. The zero-order chi connectivity index (χ0) is 13.6. The van der Waals surface area contributed by atoms with Crippen molar-refractivity contribution in [2.75, 3.05) is 0 Å². The first kappa shape index (κ1) is 12.3. The molecule has 0 spiro atoms. The van der Waals surface area contributed by atoms with Gasteiger partial charge in [-0.1, -0.05) is 48.5 Å². The molecule has 0 atom stereocenters. The van der Waals surface area contributed by atoms with Crippen molar-refractivity contribution in [3.05, 3.63) is 90.8 Å². The first-order valence-corrected chi connectivity index (χ1v) is 6.58. The number of benzene rings is 2. The minimum atomic E-state index is 0.951. The molecule has 0 saturated heterocycles. The average Bonchev–Trinajstić information content (AvgIpc) is 2.55. The summed E-state index contributed by atoms with van der Waals surface area (Å²) in [7, 11) is 0. The molecule has 0 fully saturated rings. The van der Waals surface area contributed by atoms with Crippen LogP contribution in [-0.2, 0) is 0 Å². The monoisotopic (exact) mass is 259 g/mol. The summed E-state index contributed by atoms with van der Waals surface area (Å²) in [6.45, 7) is 0. The fraction of sp³-hybridized carbons (Fsp3) is 0. The molecule has 0 bridgehead atoms. The topological polar surface area (TPSA) is 16.2 Å². The maximum absolute atomic E-state index is 4.61. The summed E-state index contributed by atoms with van der Waals surface area (Å²) < 4.78 is 2.07. The van der Waals surface area contributed by atoms with E-state index in [0.29, 0.717) is 0 Å². The van der Waals surface area contributed by atoms with Gasteiger partial charge in [-0.2, -0.15) is 4.57 Å². The van der Waals surface area contributed by atoms with Crippen molar-refractivity contribution in [2.24, 2.45) is 4.99 Å². The first-order chi connectivity index (χ1) is 9.93. The zero-order valence-corrected chi connectivity index (χ0v) is 11.1. The van der Waals surface area contributed by atoms with Gasteiger partial charge in [-0.15, -0.1) is 0 Å². The van der Waals surface area contributed by atoms with Gasteiger partial charge in [0.05, 0.1) is 0 Å². The fourth-order valence-electron chi connectivity index (χ4n) is 2.03. The molecule has 0 N–H and O–H groups in total. The summed E-state index contributed by atoms with van der Waals surface area (Å²) in [6, 6.07) is 24.3. The molecule has 0 amide bonds. The van der Waals surface area contributed by atoms with Gasteiger partial charge in [0.1, 0.15) is 5.69 Å². The largest absolute Gasteiger partial charge is 0.249 e. The van der Waals surface area contributed by atoms with Gasteiger partial charge >= 0.3 is 0 Å². The Kier molecular flexibility index (Phi) is 3.65. The van der Waals surface area contributed by atoms with Gasteiger partial charge < -0.3 is 0 Å². The molecule has 0 unspecified atom stereocenters. The Morgan fingerprint density at radius 2 is 1.35 bits per heavy atom. The molecule has 0 saturated carbocycles. The summed E-state index contributed by atoms with van der Waals surface area (Å²) in [4.78, 5) is 4.61. The summed E-state index contributed by atoms with van der Waals surface area (Å²) in [6.07, 6.45) is 5.94. The molecule has 3 aromatic rings. The van der Waals surface area contributed by atoms with Crippen molar-refractivity contribution in [3.8, 4) is 5.69 Å². The fourth-order valence-corrected chi connectivity index (χ4v) is 2.03. The second-order valence-corrected chi connectivity index (χ2v) is 4.44. The van der Waals surface area contributed by atoms with Crippen LogP contribution in [0.1, 0.15) is 5.56 Å². The van der Waals surface area contributed by atoms with Crippen molar-refractivity contribution in [2.45, 2.75) is 0 Å². The molecule has 2 aromatic carbocycles. The summed E-state index contributed by atoms with van der Waals surface area (Å²) >= 11 is 0. The molecule has 1 aromatic heterocycles. The van der Waals surface area contributed by atoms with E-state index in [9.17, 15) is 0 Å². The smallest absolute Gasteiger partial charge is 0.236 e. The van der Waals surface area contributed by atoms with Gasteiger partial charge in [0.15, 0.2) is 12.4 Å². The lowest BCUT2D eigenvalue weighted by atomic mass is 10.2. The molecule has 3 rings (SSSR count). The predicted molar refractivity (Wildman–Crippen MR) is 81.7 cm³/mol. The Balaban J connectivity index is 1.97. The molecular weight excluding hydrogens is 244 g/mol. The van der Waals surface area contributed by atoms with Crippen molar-refractivity contribution in [3.63, 3.8) is 0 Å². The molecule has 2 nitrogen and oxygen atoms in total. The van der Waals surface area contributed by atoms with E-state index in [4.69, 9.17) is 0 Å².